The van der Waals surface area contributed by atoms with Gasteiger partial charge < -0.3 is 10.6 Å². The van der Waals surface area contributed by atoms with Gasteiger partial charge in [-0.25, -0.2) is 15.0 Å². The number of hydrogen-bond acceptors (Lipinski definition) is 7. The Morgan fingerprint density at radius 2 is 2.08 bits per heavy atom. The van der Waals surface area contributed by atoms with Gasteiger partial charge in [0, 0.05) is 16.5 Å². The van der Waals surface area contributed by atoms with Crippen LogP contribution in [0.1, 0.15) is 29.1 Å². The molecule has 1 aliphatic carbocycles. The van der Waals surface area contributed by atoms with Gasteiger partial charge in [-0.15, -0.1) is 22.7 Å². The molecule has 0 spiro atoms. The summed E-state index contributed by atoms with van der Waals surface area (Å²) in [5, 5.41) is 9.83. The lowest BCUT2D eigenvalue weighted by Crippen LogP contribution is -2.14. The van der Waals surface area contributed by atoms with Crippen molar-refractivity contribution >= 4 is 56.3 Å². The molecule has 3 heterocycles. The van der Waals surface area contributed by atoms with E-state index in [0.717, 1.165) is 18.5 Å². The maximum absolute atomic E-state index is 12.3. The summed E-state index contributed by atoms with van der Waals surface area (Å²) in [6.45, 7) is 0. The summed E-state index contributed by atoms with van der Waals surface area (Å²) in [4.78, 5) is 26.7. The van der Waals surface area contributed by atoms with Crippen LogP contribution in [-0.4, -0.2) is 20.9 Å². The zero-order valence-electron chi connectivity index (χ0n) is 13.8. The van der Waals surface area contributed by atoms with Gasteiger partial charge >= 0.3 is 0 Å². The first-order valence-electron chi connectivity index (χ1n) is 8.27. The maximum Gasteiger partial charge on any atom is 0.232 e. The standard InChI is InChI=1S/C17H16ClN5OS2/c18-10-5-6-14(19-8-10)22-16-20-11(9-25-16)7-15(24)23-17-21-12-3-1-2-4-13(12)26-17/h5-6,8-9H,1-4,7H2,(H,19,20,22)(H,21,23,24). The summed E-state index contributed by atoms with van der Waals surface area (Å²) in [5.74, 6) is 0.561. The fraction of sp³-hybridized carbons (Fsp3) is 0.294. The number of anilines is 3. The topological polar surface area (TPSA) is 79.8 Å². The minimum absolute atomic E-state index is 0.0995. The second kappa shape index (κ2) is 7.69. The lowest BCUT2D eigenvalue weighted by molar-refractivity contribution is -0.115. The Morgan fingerprint density at radius 1 is 1.19 bits per heavy atom. The summed E-state index contributed by atoms with van der Waals surface area (Å²) in [6, 6.07) is 3.53. The Labute approximate surface area is 163 Å². The quantitative estimate of drug-likeness (QED) is 0.655. The first-order valence-corrected chi connectivity index (χ1v) is 10.3. The summed E-state index contributed by atoms with van der Waals surface area (Å²) >= 11 is 8.84. The summed E-state index contributed by atoms with van der Waals surface area (Å²) in [5.41, 5.74) is 1.86. The van der Waals surface area contributed by atoms with Crippen molar-refractivity contribution in [2.45, 2.75) is 32.1 Å². The van der Waals surface area contributed by atoms with Crippen LogP contribution in [0.3, 0.4) is 0 Å². The number of carbonyl (C=O) groups is 1. The summed E-state index contributed by atoms with van der Waals surface area (Å²) in [6.07, 6.45) is 6.26. The molecule has 3 aromatic heterocycles. The molecule has 0 aromatic carbocycles. The van der Waals surface area contributed by atoms with Gasteiger partial charge in [0.05, 0.1) is 22.8 Å². The first-order chi connectivity index (χ1) is 12.7. The highest BCUT2D eigenvalue weighted by Crippen LogP contribution is 2.29. The minimum Gasteiger partial charge on any atom is -0.316 e. The first kappa shape index (κ1) is 17.4. The number of aromatic nitrogens is 3. The van der Waals surface area contributed by atoms with Gasteiger partial charge in [-0.05, 0) is 37.8 Å². The molecule has 0 saturated carbocycles. The van der Waals surface area contributed by atoms with E-state index in [1.54, 1.807) is 29.7 Å². The largest absolute Gasteiger partial charge is 0.316 e. The molecular formula is C17H16ClN5OS2. The van der Waals surface area contributed by atoms with Crippen LogP contribution >= 0.6 is 34.3 Å². The Kier molecular flexibility index (Phi) is 5.14. The number of nitrogens with zero attached hydrogens (tertiary/aromatic N) is 3. The Hall–Kier alpha value is -2.03. The van der Waals surface area contributed by atoms with Crippen LogP contribution in [0, 0.1) is 0 Å². The lowest BCUT2D eigenvalue weighted by atomic mass is 10.0. The zero-order valence-corrected chi connectivity index (χ0v) is 16.2. The van der Waals surface area contributed by atoms with E-state index in [1.165, 1.54) is 29.1 Å². The average Bonchev–Trinajstić information content (AvgIpc) is 3.22. The van der Waals surface area contributed by atoms with E-state index < -0.39 is 0 Å². The molecule has 0 aliphatic heterocycles. The predicted octanol–water partition coefficient (Wildman–Crippen LogP) is 4.45. The van der Waals surface area contributed by atoms with Gasteiger partial charge in [0.1, 0.15) is 5.82 Å². The number of aryl methyl sites for hydroxylation is 2. The van der Waals surface area contributed by atoms with Crippen LogP contribution in [-0.2, 0) is 24.1 Å². The summed E-state index contributed by atoms with van der Waals surface area (Å²) in [7, 11) is 0. The number of amides is 1. The smallest absolute Gasteiger partial charge is 0.232 e. The van der Waals surface area contributed by atoms with Crippen LogP contribution in [0.5, 0.6) is 0 Å². The molecule has 4 rings (SSSR count). The Morgan fingerprint density at radius 3 is 2.88 bits per heavy atom. The second-order valence-electron chi connectivity index (χ2n) is 5.95. The van der Waals surface area contributed by atoms with Crippen molar-refractivity contribution in [3.63, 3.8) is 0 Å². The molecule has 0 radical (unpaired) electrons. The molecule has 0 unspecified atom stereocenters. The molecule has 0 bridgehead atoms. The van der Waals surface area contributed by atoms with E-state index in [-0.39, 0.29) is 12.3 Å². The predicted molar refractivity (Wildman–Crippen MR) is 106 cm³/mol. The number of nitrogens with one attached hydrogen (secondary N) is 2. The van der Waals surface area contributed by atoms with Crippen LogP contribution in [0.15, 0.2) is 23.7 Å². The van der Waals surface area contributed by atoms with E-state index in [0.29, 0.717) is 26.8 Å². The Balaban J connectivity index is 1.35. The molecule has 2 N–H and O–H groups in total. The fourth-order valence-electron chi connectivity index (χ4n) is 2.74. The van der Waals surface area contributed by atoms with Crippen molar-refractivity contribution < 1.29 is 4.79 Å². The molecule has 1 amide bonds. The van der Waals surface area contributed by atoms with Gasteiger partial charge in [-0.3, -0.25) is 4.79 Å². The van der Waals surface area contributed by atoms with Crippen LogP contribution in [0.4, 0.5) is 16.1 Å². The van der Waals surface area contributed by atoms with E-state index in [1.807, 2.05) is 5.38 Å². The molecule has 26 heavy (non-hydrogen) atoms. The van der Waals surface area contributed by atoms with Crippen molar-refractivity contribution in [3.8, 4) is 0 Å². The highest BCUT2D eigenvalue weighted by atomic mass is 35.5. The number of hydrogen-bond donors (Lipinski definition) is 2. The molecule has 134 valence electrons. The van der Waals surface area contributed by atoms with E-state index in [9.17, 15) is 4.79 Å². The number of halogens is 1. The molecule has 0 fully saturated rings. The van der Waals surface area contributed by atoms with Crippen LogP contribution < -0.4 is 10.6 Å². The number of carbonyl (C=O) groups excluding carboxylic acids is 1. The number of pyridine rings is 1. The number of rotatable bonds is 5. The lowest BCUT2D eigenvalue weighted by Gasteiger charge is -2.06. The molecule has 3 aromatic rings. The SMILES string of the molecule is O=C(Cc1csc(Nc2ccc(Cl)cn2)n1)Nc1nc2c(s1)CCCC2. The molecule has 0 atom stereocenters. The van der Waals surface area contributed by atoms with Gasteiger partial charge in [0.2, 0.25) is 5.91 Å². The van der Waals surface area contributed by atoms with Gasteiger partial charge in [0.25, 0.3) is 0 Å². The zero-order chi connectivity index (χ0) is 17.9. The normalized spacial score (nSPS) is 13.3. The van der Waals surface area contributed by atoms with Crippen LogP contribution in [0.25, 0.3) is 0 Å². The second-order valence-corrected chi connectivity index (χ2v) is 8.33. The number of thiazole rings is 2. The highest BCUT2D eigenvalue weighted by molar-refractivity contribution is 7.16. The van der Waals surface area contributed by atoms with Gasteiger partial charge in [-0.2, -0.15) is 0 Å². The summed E-state index contributed by atoms with van der Waals surface area (Å²) < 4.78 is 0. The third-order valence-electron chi connectivity index (χ3n) is 3.95. The monoisotopic (exact) mass is 405 g/mol. The molecule has 1 aliphatic rings. The van der Waals surface area contributed by atoms with Crippen molar-refractivity contribution in [1.29, 1.82) is 0 Å². The third-order valence-corrected chi connectivity index (χ3v) is 6.05. The van der Waals surface area contributed by atoms with E-state index in [2.05, 4.69) is 25.6 Å². The van der Waals surface area contributed by atoms with Crippen LogP contribution in [0.2, 0.25) is 5.02 Å². The van der Waals surface area contributed by atoms with Gasteiger partial charge in [0.15, 0.2) is 10.3 Å². The van der Waals surface area contributed by atoms with Crippen molar-refractivity contribution in [2.24, 2.45) is 0 Å². The number of fused-ring (bicyclic) bond motifs is 1. The van der Waals surface area contributed by atoms with E-state index >= 15 is 0 Å². The molecule has 6 nitrogen and oxygen atoms in total. The average molecular weight is 406 g/mol. The van der Waals surface area contributed by atoms with Crippen molar-refractivity contribution in [1.82, 2.24) is 15.0 Å². The van der Waals surface area contributed by atoms with E-state index in [4.69, 9.17) is 11.6 Å². The van der Waals surface area contributed by atoms with Crippen molar-refractivity contribution in [2.75, 3.05) is 10.6 Å². The van der Waals surface area contributed by atoms with Gasteiger partial charge in [-0.1, -0.05) is 11.6 Å². The third kappa shape index (κ3) is 4.20. The minimum atomic E-state index is -0.0995. The molecular weight excluding hydrogens is 390 g/mol. The van der Waals surface area contributed by atoms with Crippen molar-refractivity contribution in [3.05, 3.63) is 45.0 Å². The Bertz CT molecular complexity index is 898. The maximum atomic E-state index is 12.3. The fourth-order valence-corrected chi connectivity index (χ4v) is 4.63. The molecule has 9 heteroatoms. The molecule has 0 saturated heterocycles. The highest BCUT2D eigenvalue weighted by Gasteiger charge is 2.17.